The summed E-state index contributed by atoms with van der Waals surface area (Å²) < 4.78 is 0. The summed E-state index contributed by atoms with van der Waals surface area (Å²) in [6.07, 6.45) is 27.4. The third-order valence-corrected chi connectivity index (χ3v) is 9.51. The van der Waals surface area contributed by atoms with Crippen molar-refractivity contribution in [3.05, 3.63) is 0 Å². The Morgan fingerprint density at radius 3 is 2.00 bits per heavy atom. The van der Waals surface area contributed by atoms with Crippen molar-refractivity contribution in [1.29, 1.82) is 0 Å². The van der Waals surface area contributed by atoms with Crippen LogP contribution in [0.1, 0.15) is 136 Å². The third kappa shape index (κ3) is 5.76. The van der Waals surface area contributed by atoms with Crippen LogP contribution in [-0.4, -0.2) is 0 Å². The molecule has 0 aliphatic heterocycles. The predicted octanol–water partition coefficient (Wildman–Crippen LogP) is 9.18. The fraction of sp³-hybridized carbons (Fsp3) is 1.00. The Kier molecular flexibility index (Phi) is 8.59. The highest BCUT2D eigenvalue weighted by atomic mass is 14.5. The minimum atomic E-state index is 0.700. The van der Waals surface area contributed by atoms with Crippen molar-refractivity contribution in [1.82, 2.24) is 0 Å². The van der Waals surface area contributed by atoms with E-state index in [2.05, 4.69) is 20.8 Å². The van der Waals surface area contributed by atoms with E-state index in [9.17, 15) is 0 Å². The lowest BCUT2D eigenvalue weighted by Crippen LogP contribution is -2.31. The zero-order chi connectivity index (χ0) is 19.1. The second kappa shape index (κ2) is 10.7. The molecule has 0 saturated heterocycles. The summed E-state index contributed by atoms with van der Waals surface area (Å²) in [4.78, 5) is 0. The van der Waals surface area contributed by atoms with E-state index in [-0.39, 0.29) is 0 Å². The van der Waals surface area contributed by atoms with Crippen LogP contribution in [0.2, 0.25) is 0 Å². The summed E-state index contributed by atoms with van der Waals surface area (Å²) in [6.45, 7) is 7.59. The lowest BCUT2D eigenvalue weighted by Gasteiger charge is -2.41. The molecule has 158 valence electrons. The smallest absolute Gasteiger partial charge is 0.0272 e. The topological polar surface area (TPSA) is 0 Å². The molecule has 0 amide bonds. The first-order valence-electron chi connectivity index (χ1n) is 13.2. The zero-order valence-electron chi connectivity index (χ0n) is 19.1. The van der Waals surface area contributed by atoms with E-state index >= 15 is 0 Å². The van der Waals surface area contributed by atoms with Crippen molar-refractivity contribution >= 4 is 0 Å². The molecule has 3 aliphatic rings. The highest BCUT2D eigenvalue weighted by Gasteiger charge is 2.40. The summed E-state index contributed by atoms with van der Waals surface area (Å²) in [6, 6.07) is 0. The van der Waals surface area contributed by atoms with Gasteiger partial charge in [0.15, 0.2) is 0 Å². The Morgan fingerprint density at radius 2 is 1.33 bits per heavy atom. The third-order valence-electron chi connectivity index (χ3n) is 9.51. The van der Waals surface area contributed by atoms with Crippen LogP contribution in [0.25, 0.3) is 0 Å². The Morgan fingerprint density at radius 1 is 0.667 bits per heavy atom. The first-order valence-corrected chi connectivity index (χ1v) is 13.2. The lowest BCUT2D eigenvalue weighted by molar-refractivity contribution is 0.0908. The van der Waals surface area contributed by atoms with E-state index in [1.165, 1.54) is 64.2 Å². The molecule has 5 atom stereocenters. The van der Waals surface area contributed by atoms with Crippen molar-refractivity contribution in [2.45, 2.75) is 136 Å². The fourth-order valence-corrected chi connectivity index (χ4v) is 7.70. The molecule has 0 heteroatoms. The second-order valence-corrected chi connectivity index (χ2v) is 11.1. The van der Waals surface area contributed by atoms with Gasteiger partial charge in [0.05, 0.1) is 0 Å². The van der Waals surface area contributed by atoms with Crippen LogP contribution in [0.15, 0.2) is 0 Å². The maximum absolute atomic E-state index is 2.62. The molecule has 0 aromatic rings. The van der Waals surface area contributed by atoms with Crippen LogP contribution < -0.4 is 0 Å². The molecule has 0 nitrogen and oxygen atoms in total. The Bertz CT molecular complexity index is 400. The Balaban J connectivity index is 1.66. The van der Waals surface area contributed by atoms with E-state index in [1.54, 1.807) is 51.4 Å². The molecule has 3 saturated carbocycles. The van der Waals surface area contributed by atoms with Crippen molar-refractivity contribution < 1.29 is 0 Å². The van der Waals surface area contributed by atoms with Gasteiger partial charge in [0.1, 0.15) is 0 Å². The first kappa shape index (κ1) is 21.7. The van der Waals surface area contributed by atoms with Gasteiger partial charge in [0.25, 0.3) is 0 Å². The molecular weight excluding hydrogens is 324 g/mol. The molecule has 27 heavy (non-hydrogen) atoms. The van der Waals surface area contributed by atoms with Crippen LogP contribution in [0.3, 0.4) is 0 Å². The highest BCUT2D eigenvalue weighted by molar-refractivity contribution is 4.91. The predicted molar refractivity (Wildman–Crippen MR) is 120 cm³/mol. The van der Waals surface area contributed by atoms with Gasteiger partial charge in [0.2, 0.25) is 0 Å². The monoisotopic (exact) mass is 374 g/mol. The lowest BCUT2D eigenvalue weighted by atomic mass is 9.64. The Hall–Kier alpha value is 0. The molecule has 0 bridgehead atoms. The van der Waals surface area contributed by atoms with Crippen molar-refractivity contribution in [2.24, 2.45) is 35.0 Å². The van der Waals surface area contributed by atoms with E-state index < -0.39 is 0 Å². The van der Waals surface area contributed by atoms with Crippen LogP contribution in [0, 0.1) is 35.0 Å². The molecule has 3 aliphatic carbocycles. The summed E-state index contributed by atoms with van der Waals surface area (Å²) in [5, 5.41) is 0. The molecule has 0 radical (unpaired) electrons. The second-order valence-electron chi connectivity index (χ2n) is 11.1. The van der Waals surface area contributed by atoms with Gasteiger partial charge < -0.3 is 0 Å². The van der Waals surface area contributed by atoms with Crippen molar-refractivity contribution in [3.8, 4) is 0 Å². The molecule has 0 heterocycles. The van der Waals surface area contributed by atoms with Crippen LogP contribution in [-0.2, 0) is 0 Å². The van der Waals surface area contributed by atoms with Gasteiger partial charge in [-0.15, -0.1) is 0 Å². The summed E-state index contributed by atoms with van der Waals surface area (Å²) >= 11 is 0. The first-order chi connectivity index (χ1) is 13.2. The molecule has 3 fully saturated rings. The van der Waals surface area contributed by atoms with Gasteiger partial charge in [-0.05, 0) is 80.0 Å². The normalized spacial score (nSPS) is 39.0. The maximum atomic E-state index is 2.62. The van der Waals surface area contributed by atoms with Crippen LogP contribution in [0.5, 0.6) is 0 Å². The molecule has 3 rings (SSSR count). The van der Waals surface area contributed by atoms with Crippen LogP contribution >= 0.6 is 0 Å². The SMILES string of the molecule is CCC1CCCC([C@@H]2CCC(C3(CC)CCCCCCCC3)CC(C)C2)C1. The Labute approximate surface area is 171 Å². The van der Waals surface area contributed by atoms with E-state index in [0.29, 0.717) is 5.41 Å². The molecule has 0 aromatic heterocycles. The largest absolute Gasteiger partial charge is 0.0651 e. The molecule has 0 aromatic carbocycles. The van der Waals surface area contributed by atoms with Gasteiger partial charge in [0, 0.05) is 0 Å². The van der Waals surface area contributed by atoms with Gasteiger partial charge >= 0.3 is 0 Å². The van der Waals surface area contributed by atoms with Crippen molar-refractivity contribution in [2.75, 3.05) is 0 Å². The maximum Gasteiger partial charge on any atom is -0.0272 e. The van der Waals surface area contributed by atoms with E-state index in [4.69, 9.17) is 0 Å². The molecule has 0 N–H and O–H groups in total. The summed E-state index contributed by atoms with van der Waals surface area (Å²) in [5.74, 6) is 5.19. The number of hydrogen-bond donors (Lipinski definition) is 0. The minimum absolute atomic E-state index is 0.700. The average molecular weight is 375 g/mol. The molecular formula is C27H50. The quantitative estimate of drug-likeness (QED) is 0.430. The standard InChI is InChI=1S/C27H50/c1-4-23-13-12-14-24(21-23)25-15-16-26(20-22(3)19-25)27(5-2)17-10-8-6-7-9-11-18-27/h22-26H,4-21H2,1-3H3/t22?,23?,24?,25-,26?/m1/s1. The summed E-state index contributed by atoms with van der Waals surface area (Å²) in [5.41, 5.74) is 0.700. The number of rotatable bonds is 4. The van der Waals surface area contributed by atoms with E-state index in [0.717, 1.165) is 29.6 Å². The summed E-state index contributed by atoms with van der Waals surface area (Å²) in [7, 11) is 0. The van der Waals surface area contributed by atoms with Crippen LogP contribution in [0.4, 0.5) is 0 Å². The molecule has 0 spiro atoms. The van der Waals surface area contributed by atoms with Gasteiger partial charge in [-0.25, -0.2) is 0 Å². The zero-order valence-corrected chi connectivity index (χ0v) is 19.1. The van der Waals surface area contributed by atoms with Crippen molar-refractivity contribution in [3.63, 3.8) is 0 Å². The van der Waals surface area contributed by atoms with Gasteiger partial charge in [-0.2, -0.15) is 0 Å². The number of hydrogen-bond acceptors (Lipinski definition) is 0. The van der Waals surface area contributed by atoms with E-state index in [1.807, 2.05) is 0 Å². The van der Waals surface area contributed by atoms with Gasteiger partial charge in [-0.3, -0.25) is 0 Å². The highest BCUT2D eigenvalue weighted by Crippen LogP contribution is 2.51. The minimum Gasteiger partial charge on any atom is -0.0651 e. The molecule has 4 unspecified atom stereocenters. The van der Waals surface area contributed by atoms with Gasteiger partial charge in [-0.1, -0.05) is 91.4 Å². The average Bonchev–Trinajstić information content (AvgIpc) is 2.81. The fourth-order valence-electron chi connectivity index (χ4n) is 7.70.